The summed E-state index contributed by atoms with van der Waals surface area (Å²) < 4.78 is 17.1. The van der Waals surface area contributed by atoms with Crippen LogP contribution in [0.15, 0.2) is 30.3 Å². The number of nitrogens with zero attached hydrogens (tertiary/aromatic N) is 2. The zero-order valence-corrected chi connectivity index (χ0v) is 21.8. The highest BCUT2D eigenvalue weighted by Gasteiger charge is 2.26. The molecule has 2 aromatic carbocycles. The molecule has 0 bridgehead atoms. The normalized spacial score (nSPS) is 18.1. The van der Waals surface area contributed by atoms with Gasteiger partial charge in [-0.15, -0.1) is 0 Å². The maximum absolute atomic E-state index is 13.6. The Hall–Kier alpha value is -3.10. The molecule has 2 aliphatic heterocycles. The molecule has 1 amide bonds. The van der Waals surface area contributed by atoms with E-state index in [1.165, 1.54) is 0 Å². The topological polar surface area (TPSA) is 80.3 Å². The van der Waals surface area contributed by atoms with Gasteiger partial charge in [0.15, 0.2) is 5.78 Å². The third-order valence-electron chi connectivity index (χ3n) is 6.95. The second-order valence-corrected chi connectivity index (χ2v) is 9.54. The largest absolute Gasteiger partial charge is 0.497 e. The number of ketones is 1. The number of hydrogen-bond acceptors (Lipinski definition) is 7. The molecular formula is C28H37N3O5. The molecule has 1 N–H and O–H groups in total. The SMILES string of the molecule is CCC(=O)N1CCOc2c(cc(-c3cc(OC)cc(OC)c3)cc2C(=O)CN[C@H]2CCCN(C)C2)C1. The van der Waals surface area contributed by atoms with Crippen LogP contribution in [0.4, 0.5) is 0 Å². The lowest BCUT2D eigenvalue weighted by atomic mass is 9.95. The maximum Gasteiger partial charge on any atom is 0.222 e. The average Bonchev–Trinajstić information content (AvgIpc) is 3.13. The van der Waals surface area contributed by atoms with Crippen molar-refractivity contribution in [1.29, 1.82) is 0 Å². The number of piperidine rings is 1. The van der Waals surface area contributed by atoms with Crippen molar-refractivity contribution in [2.24, 2.45) is 0 Å². The zero-order valence-electron chi connectivity index (χ0n) is 21.8. The number of Topliss-reactive ketones (excluding diaryl/α,β-unsaturated/α-hetero) is 1. The summed E-state index contributed by atoms with van der Waals surface area (Å²) in [4.78, 5) is 30.2. The smallest absolute Gasteiger partial charge is 0.222 e. The number of nitrogens with one attached hydrogen (secondary N) is 1. The molecule has 0 saturated carbocycles. The fourth-order valence-corrected chi connectivity index (χ4v) is 4.97. The molecule has 0 radical (unpaired) electrons. The Morgan fingerprint density at radius 3 is 2.44 bits per heavy atom. The first-order chi connectivity index (χ1) is 17.4. The number of methoxy groups -OCH3 is 2. The van der Waals surface area contributed by atoms with E-state index in [0.29, 0.717) is 48.9 Å². The first-order valence-electron chi connectivity index (χ1n) is 12.7. The molecule has 0 aromatic heterocycles. The van der Waals surface area contributed by atoms with Gasteiger partial charge in [0.25, 0.3) is 0 Å². The Morgan fingerprint density at radius 1 is 1.06 bits per heavy atom. The highest BCUT2D eigenvalue weighted by molar-refractivity contribution is 6.02. The van der Waals surface area contributed by atoms with E-state index in [1.54, 1.807) is 19.1 Å². The van der Waals surface area contributed by atoms with Crippen LogP contribution in [-0.4, -0.2) is 81.6 Å². The Balaban J connectivity index is 1.71. The number of hydrogen-bond donors (Lipinski definition) is 1. The molecule has 36 heavy (non-hydrogen) atoms. The van der Waals surface area contributed by atoms with Gasteiger partial charge >= 0.3 is 0 Å². The van der Waals surface area contributed by atoms with Crippen LogP contribution in [0.5, 0.6) is 17.2 Å². The minimum atomic E-state index is -0.0218. The summed E-state index contributed by atoms with van der Waals surface area (Å²) in [6.07, 6.45) is 2.60. The van der Waals surface area contributed by atoms with E-state index in [1.807, 2.05) is 37.3 Å². The molecule has 0 aliphatic carbocycles. The van der Waals surface area contributed by atoms with Crippen molar-refractivity contribution in [1.82, 2.24) is 15.1 Å². The van der Waals surface area contributed by atoms with Crippen molar-refractivity contribution < 1.29 is 23.8 Å². The lowest BCUT2D eigenvalue weighted by molar-refractivity contribution is -0.131. The fourth-order valence-electron chi connectivity index (χ4n) is 4.97. The summed E-state index contributed by atoms with van der Waals surface area (Å²) in [6.45, 7) is 5.36. The fraction of sp³-hybridized carbons (Fsp3) is 0.500. The summed E-state index contributed by atoms with van der Waals surface area (Å²) in [5.74, 6) is 1.94. The minimum absolute atomic E-state index is 0.0218. The molecule has 8 nitrogen and oxygen atoms in total. The van der Waals surface area contributed by atoms with Gasteiger partial charge in [0.1, 0.15) is 23.9 Å². The van der Waals surface area contributed by atoms with Crippen LogP contribution < -0.4 is 19.5 Å². The van der Waals surface area contributed by atoms with Crippen molar-refractivity contribution in [3.63, 3.8) is 0 Å². The second-order valence-electron chi connectivity index (χ2n) is 9.54. The third-order valence-corrected chi connectivity index (χ3v) is 6.95. The Morgan fingerprint density at radius 2 is 1.78 bits per heavy atom. The van der Waals surface area contributed by atoms with Crippen molar-refractivity contribution in [2.75, 3.05) is 54.1 Å². The molecule has 2 aromatic rings. The average molecular weight is 496 g/mol. The van der Waals surface area contributed by atoms with Crippen LogP contribution in [0.2, 0.25) is 0 Å². The lowest BCUT2D eigenvalue weighted by Gasteiger charge is -2.30. The van der Waals surface area contributed by atoms with Gasteiger partial charge < -0.3 is 29.3 Å². The number of carbonyl (C=O) groups is 2. The first-order valence-corrected chi connectivity index (χ1v) is 12.7. The van der Waals surface area contributed by atoms with Crippen LogP contribution in [0.3, 0.4) is 0 Å². The first kappa shape index (κ1) is 26.0. The highest BCUT2D eigenvalue weighted by Crippen LogP contribution is 2.36. The van der Waals surface area contributed by atoms with Crippen LogP contribution in [-0.2, 0) is 11.3 Å². The van der Waals surface area contributed by atoms with Gasteiger partial charge in [-0.3, -0.25) is 9.59 Å². The van der Waals surface area contributed by atoms with Crippen LogP contribution >= 0.6 is 0 Å². The van der Waals surface area contributed by atoms with Gasteiger partial charge in [0.05, 0.1) is 32.9 Å². The number of amides is 1. The molecule has 2 aliphatic rings. The van der Waals surface area contributed by atoms with Crippen LogP contribution in [0, 0.1) is 0 Å². The van der Waals surface area contributed by atoms with E-state index in [-0.39, 0.29) is 24.3 Å². The van der Waals surface area contributed by atoms with Crippen molar-refractivity contribution >= 4 is 11.7 Å². The second kappa shape index (κ2) is 11.8. The molecule has 1 fully saturated rings. The Bertz CT molecular complexity index is 1080. The number of likely N-dealkylation sites (N-methyl/N-ethyl adjacent to an activating group) is 1. The molecular weight excluding hydrogens is 458 g/mol. The monoisotopic (exact) mass is 495 g/mol. The van der Waals surface area contributed by atoms with Crippen LogP contribution in [0.1, 0.15) is 42.1 Å². The van der Waals surface area contributed by atoms with Gasteiger partial charge in [0.2, 0.25) is 5.91 Å². The van der Waals surface area contributed by atoms with Crippen molar-refractivity contribution in [3.8, 4) is 28.4 Å². The highest BCUT2D eigenvalue weighted by atomic mass is 16.5. The molecule has 1 atom stereocenters. The molecule has 194 valence electrons. The third kappa shape index (κ3) is 5.99. The van der Waals surface area contributed by atoms with Gasteiger partial charge in [0, 0.05) is 37.2 Å². The summed E-state index contributed by atoms with van der Waals surface area (Å²) in [6, 6.07) is 9.83. The number of carbonyl (C=O) groups excluding carboxylic acids is 2. The number of ether oxygens (including phenoxy) is 3. The van der Waals surface area contributed by atoms with E-state index in [0.717, 1.165) is 42.6 Å². The van der Waals surface area contributed by atoms with Gasteiger partial charge in [-0.1, -0.05) is 6.92 Å². The quantitative estimate of drug-likeness (QED) is 0.563. The molecule has 2 heterocycles. The minimum Gasteiger partial charge on any atom is -0.497 e. The van der Waals surface area contributed by atoms with Gasteiger partial charge in [-0.25, -0.2) is 0 Å². The molecule has 0 spiro atoms. The summed E-state index contributed by atoms with van der Waals surface area (Å²) in [5, 5.41) is 3.45. The van der Waals surface area contributed by atoms with Crippen molar-refractivity contribution in [2.45, 2.75) is 38.8 Å². The molecule has 0 unspecified atom stereocenters. The predicted molar refractivity (Wildman–Crippen MR) is 139 cm³/mol. The summed E-state index contributed by atoms with van der Waals surface area (Å²) >= 11 is 0. The number of fused-ring (bicyclic) bond motifs is 1. The maximum atomic E-state index is 13.6. The number of likely N-dealkylation sites (tertiary alicyclic amines) is 1. The summed E-state index contributed by atoms with van der Waals surface area (Å²) in [5.41, 5.74) is 3.07. The van der Waals surface area contributed by atoms with Crippen LogP contribution in [0.25, 0.3) is 11.1 Å². The van der Waals surface area contributed by atoms with Gasteiger partial charge in [-0.2, -0.15) is 0 Å². The standard InChI is InChI=1S/C28H37N3O5/c1-5-27(33)31-9-10-36-28-21(17-31)11-19(20-12-23(34-3)15-24(13-20)35-4)14-25(28)26(32)16-29-22-7-6-8-30(2)18-22/h11-15,22,29H,5-10,16-18H2,1-4H3/t22-/m0/s1. The predicted octanol–water partition coefficient (Wildman–Crippen LogP) is 3.37. The van der Waals surface area contributed by atoms with Gasteiger partial charge in [-0.05, 0) is 61.8 Å². The van der Waals surface area contributed by atoms with E-state index in [9.17, 15) is 9.59 Å². The van der Waals surface area contributed by atoms with E-state index in [4.69, 9.17) is 14.2 Å². The lowest BCUT2D eigenvalue weighted by Crippen LogP contribution is -2.45. The number of rotatable bonds is 8. The van der Waals surface area contributed by atoms with E-state index in [2.05, 4.69) is 17.3 Å². The summed E-state index contributed by atoms with van der Waals surface area (Å²) in [7, 11) is 5.33. The zero-order chi connectivity index (χ0) is 25.7. The Kier molecular flexibility index (Phi) is 8.48. The molecule has 8 heteroatoms. The van der Waals surface area contributed by atoms with E-state index >= 15 is 0 Å². The number of benzene rings is 2. The van der Waals surface area contributed by atoms with E-state index < -0.39 is 0 Å². The Labute approximate surface area is 213 Å². The molecule has 1 saturated heterocycles. The molecule has 4 rings (SSSR count). The van der Waals surface area contributed by atoms with Crippen molar-refractivity contribution in [3.05, 3.63) is 41.5 Å².